The van der Waals surface area contributed by atoms with E-state index in [4.69, 9.17) is 10.1 Å². The SMILES string of the molecule is C=CC(CC(=O)O)N1CCN(CCC[C@H]2C=CC3=CCCNC3=N2)C1=O. The van der Waals surface area contributed by atoms with Gasteiger partial charge in [-0.3, -0.25) is 9.79 Å². The minimum atomic E-state index is -0.922. The second-order valence-electron chi connectivity index (χ2n) is 6.79. The predicted molar refractivity (Wildman–Crippen MR) is 100 cm³/mol. The summed E-state index contributed by atoms with van der Waals surface area (Å²) in [6.45, 7) is 6.44. The van der Waals surface area contributed by atoms with Gasteiger partial charge in [-0.2, -0.15) is 0 Å². The van der Waals surface area contributed by atoms with Crippen LogP contribution in [0.1, 0.15) is 25.7 Å². The molecule has 26 heavy (non-hydrogen) atoms. The molecule has 0 bridgehead atoms. The molecule has 1 unspecified atom stereocenters. The highest BCUT2D eigenvalue weighted by Crippen LogP contribution is 2.19. The normalized spacial score (nSPS) is 23.1. The van der Waals surface area contributed by atoms with Gasteiger partial charge in [0, 0.05) is 31.8 Å². The van der Waals surface area contributed by atoms with Crippen LogP contribution in [0.25, 0.3) is 0 Å². The molecule has 3 aliphatic heterocycles. The number of carboxylic acid groups (broad SMARTS) is 1. The quantitative estimate of drug-likeness (QED) is 0.648. The number of aliphatic carboxylic acids is 1. The van der Waals surface area contributed by atoms with Crippen LogP contribution in [0.3, 0.4) is 0 Å². The lowest BCUT2D eigenvalue weighted by molar-refractivity contribution is -0.137. The fourth-order valence-corrected chi connectivity index (χ4v) is 3.58. The molecule has 7 heteroatoms. The highest BCUT2D eigenvalue weighted by Gasteiger charge is 2.33. The van der Waals surface area contributed by atoms with Crippen LogP contribution in [-0.2, 0) is 4.79 Å². The second kappa shape index (κ2) is 8.21. The van der Waals surface area contributed by atoms with Crippen LogP contribution >= 0.6 is 0 Å². The number of amides is 2. The molecule has 1 fully saturated rings. The zero-order valence-electron chi connectivity index (χ0n) is 14.9. The molecule has 7 nitrogen and oxygen atoms in total. The number of amidine groups is 1. The van der Waals surface area contributed by atoms with Gasteiger partial charge in [-0.05, 0) is 19.3 Å². The average molecular weight is 358 g/mol. The van der Waals surface area contributed by atoms with E-state index in [2.05, 4.69) is 30.1 Å². The van der Waals surface area contributed by atoms with Gasteiger partial charge in [-0.1, -0.05) is 24.3 Å². The maximum Gasteiger partial charge on any atom is 0.320 e. The molecular formula is C19H26N4O3. The third-order valence-corrected chi connectivity index (χ3v) is 4.98. The maximum absolute atomic E-state index is 12.5. The zero-order chi connectivity index (χ0) is 18.5. The lowest BCUT2D eigenvalue weighted by atomic mass is 10.0. The largest absolute Gasteiger partial charge is 0.481 e. The van der Waals surface area contributed by atoms with Gasteiger partial charge < -0.3 is 20.2 Å². The molecule has 2 amide bonds. The van der Waals surface area contributed by atoms with E-state index >= 15 is 0 Å². The minimum Gasteiger partial charge on any atom is -0.481 e. The molecule has 0 aromatic rings. The van der Waals surface area contributed by atoms with E-state index < -0.39 is 12.0 Å². The Labute approximate surface area is 153 Å². The first-order valence-electron chi connectivity index (χ1n) is 9.19. The summed E-state index contributed by atoms with van der Waals surface area (Å²) in [5.74, 6) is 0.0590. The summed E-state index contributed by atoms with van der Waals surface area (Å²) in [6, 6.07) is -0.393. The molecule has 3 heterocycles. The molecule has 0 radical (unpaired) electrons. The monoisotopic (exact) mass is 358 g/mol. The Balaban J connectivity index is 1.47. The smallest absolute Gasteiger partial charge is 0.320 e. The van der Waals surface area contributed by atoms with Crippen molar-refractivity contribution in [3.8, 4) is 0 Å². The van der Waals surface area contributed by atoms with Gasteiger partial charge in [-0.25, -0.2) is 4.79 Å². The van der Waals surface area contributed by atoms with E-state index in [0.717, 1.165) is 31.6 Å². The molecule has 0 aromatic heterocycles. The lowest BCUT2D eigenvalue weighted by Crippen LogP contribution is -2.39. The number of nitrogens with zero attached hydrogens (tertiary/aromatic N) is 3. The molecule has 0 saturated carbocycles. The third-order valence-electron chi connectivity index (χ3n) is 4.98. The Hall–Kier alpha value is -2.57. The predicted octanol–water partition coefficient (Wildman–Crippen LogP) is 1.79. The summed E-state index contributed by atoms with van der Waals surface area (Å²) in [4.78, 5) is 31.6. The molecule has 140 valence electrons. The second-order valence-corrected chi connectivity index (χ2v) is 6.79. The van der Waals surface area contributed by atoms with E-state index in [-0.39, 0.29) is 18.5 Å². The molecule has 0 aromatic carbocycles. The fourth-order valence-electron chi connectivity index (χ4n) is 3.58. The molecule has 0 spiro atoms. The van der Waals surface area contributed by atoms with Crippen LogP contribution in [-0.4, -0.2) is 71.0 Å². The summed E-state index contributed by atoms with van der Waals surface area (Å²) < 4.78 is 0. The number of rotatable bonds is 8. The molecule has 3 aliphatic rings. The van der Waals surface area contributed by atoms with E-state index in [1.807, 2.05) is 0 Å². The zero-order valence-corrected chi connectivity index (χ0v) is 14.9. The maximum atomic E-state index is 12.5. The van der Waals surface area contributed by atoms with Crippen molar-refractivity contribution in [2.75, 3.05) is 26.2 Å². The third kappa shape index (κ3) is 4.15. The summed E-state index contributed by atoms with van der Waals surface area (Å²) in [5, 5.41) is 12.3. The Morgan fingerprint density at radius 3 is 3.12 bits per heavy atom. The van der Waals surface area contributed by atoms with Crippen LogP contribution in [0.15, 0.2) is 41.4 Å². The minimum absolute atomic E-state index is 0.0965. The highest BCUT2D eigenvalue weighted by atomic mass is 16.4. The first-order chi connectivity index (χ1) is 12.6. The number of nitrogens with one attached hydrogen (secondary N) is 1. The van der Waals surface area contributed by atoms with Gasteiger partial charge in [-0.15, -0.1) is 6.58 Å². The summed E-state index contributed by atoms with van der Waals surface area (Å²) >= 11 is 0. The standard InChI is InChI=1S/C19H26N4O3/c1-2-16(13-17(24)25)23-12-11-22(19(23)26)10-4-6-15-8-7-14-5-3-9-20-18(14)21-15/h2,5,7-8,15-16H,1,3-4,6,9-13H2,(H,20,21)(H,24,25)/t15-,16?/m0/s1. The molecule has 2 N–H and O–H groups in total. The Bertz CT molecular complexity index is 668. The number of hydrogen-bond acceptors (Lipinski definition) is 4. The van der Waals surface area contributed by atoms with E-state index in [1.54, 1.807) is 15.9 Å². The first-order valence-corrected chi connectivity index (χ1v) is 9.19. The fraction of sp³-hybridized carbons (Fsp3) is 0.526. The van der Waals surface area contributed by atoms with Crippen LogP contribution < -0.4 is 5.32 Å². The molecular weight excluding hydrogens is 332 g/mol. The van der Waals surface area contributed by atoms with Gasteiger partial charge in [0.05, 0.1) is 18.5 Å². The average Bonchev–Trinajstić information content (AvgIpc) is 3.00. The summed E-state index contributed by atoms with van der Waals surface area (Å²) in [7, 11) is 0. The van der Waals surface area contributed by atoms with Gasteiger partial charge in [0.2, 0.25) is 0 Å². The van der Waals surface area contributed by atoms with E-state index in [9.17, 15) is 9.59 Å². The molecule has 0 aliphatic carbocycles. The van der Waals surface area contributed by atoms with Crippen molar-refractivity contribution in [1.29, 1.82) is 0 Å². The van der Waals surface area contributed by atoms with Crippen molar-refractivity contribution in [2.45, 2.75) is 37.8 Å². The summed E-state index contributed by atoms with van der Waals surface area (Å²) in [5.41, 5.74) is 1.17. The topological polar surface area (TPSA) is 85.2 Å². The van der Waals surface area contributed by atoms with Crippen LogP contribution in [0.2, 0.25) is 0 Å². The lowest BCUT2D eigenvalue weighted by Gasteiger charge is -2.25. The number of dihydropyridines is 1. The highest BCUT2D eigenvalue weighted by molar-refractivity contribution is 6.02. The van der Waals surface area contributed by atoms with Crippen LogP contribution in [0.5, 0.6) is 0 Å². The van der Waals surface area contributed by atoms with Crippen molar-refractivity contribution < 1.29 is 14.7 Å². The number of urea groups is 1. The van der Waals surface area contributed by atoms with Crippen molar-refractivity contribution in [2.24, 2.45) is 4.99 Å². The van der Waals surface area contributed by atoms with Crippen molar-refractivity contribution in [1.82, 2.24) is 15.1 Å². The van der Waals surface area contributed by atoms with Crippen molar-refractivity contribution >= 4 is 17.8 Å². The van der Waals surface area contributed by atoms with E-state index in [0.29, 0.717) is 19.6 Å². The number of carboxylic acids is 1. The number of fused-ring (bicyclic) bond motifs is 1. The van der Waals surface area contributed by atoms with Gasteiger partial charge >= 0.3 is 12.0 Å². The van der Waals surface area contributed by atoms with Gasteiger partial charge in [0.25, 0.3) is 0 Å². The number of aliphatic imine (C=N–C) groups is 1. The van der Waals surface area contributed by atoms with Gasteiger partial charge in [0.1, 0.15) is 5.84 Å². The molecule has 3 rings (SSSR count). The van der Waals surface area contributed by atoms with E-state index in [1.165, 1.54) is 5.57 Å². The van der Waals surface area contributed by atoms with Crippen molar-refractivity contribution in [3.63, 3.8) is 0 Å². The van der Waals surface area contributed by atoms with Crippen molar-refractivity contribution in [3.05, 3.63) is 36.5 Å². The number of carbonyl (C=O) groups is 2. The van der Waals surface area contributed by atoms with Crippen LogP contribution in [0.4, 0.5) is 4.79 Å². The number of carbonyl (C=O) groups excluding carboxylic acids is 1. The molecule has 1 saturated heterocycles. The Morgan fingerprint density at radius 1 is 1.50 bits per heavy atom. The Morgan fingerprint density at radius 2 is 2.35 bits per heavy atom. The van der Waals surface area contributed by atoms with Gasteiger partial charge in [0.15, 0.2) is 0 Å². The first kappa shape index (κ1) is 18.2. The summed E-state index contributed by atoms with van der Waals surface area (Å²) in [6.07, 6.45) is 10.7. The van der Waals surface area contributed by atoms with Crippen LogP contribution in [0, 0.1) is 0 Å². The number of hydrogen-bond donors (Lipinski definition) is 2. The molecule has 2 atom stereocenters. The Kier molecular flexibility index (Phi) is 5.75.